The number of pyridine rings is 1. The minimum absolute atomic E-state index is 0.0587. The van der Waals surface area contributed by atoms with E-state index < -0.39 is 17.6 Å². The van der Waals surface area contributed by atoms with E-state index in [1.165, 1.54) is 18.2 Å². The van der Waals surface area contributed by atoms with Crippen molar-refractivity contribution in [1.82, 2.24) is 9.88 Å². The number of carbonyl (C=O) groups excluding carboxylic acids is 2. The molecule has 28 heavy (non-hydrogen) atoms. The van der Waals surface area contributed by atoms with Crippen molar-refractivity contribution in [3.8, 4) is 0 Å². The fourth-order valence-electron chi connectivity index (χ4n) is 3.07. The molecule has 1 N–H and O–H groups in total. The van der Waals surface area contributed by atoms with Crippen molar-refractivity contribution in [2.75, 3.05) is 5.32 Å². The average Bonchev–Trinajstić information content (AvgIpc) is 2.94. The van der Waals surface area contributed by atoms with Crippen LogP contribution in [0.4, 0.5) is 10.1 Å². The first-order valence-electron chi connectivity index (χ1n) is 8.72. The van der Waals surface area contributed by atoms with Gasteiger partial charge in [0.1, 0.15) is 11.5 Å². The molecule has 6 heteroatoms. The normalized spacial score (nSPS) is 14.0. The first kappa shape index (κ1) is 17.6. The van der Waals surface area contributed by atoms with Gasteiger partial charge in [-0.3, -0.25) is 19.5 Å². The molecule has 0 unspecified atom stereocenters. The maximum absolute atomic E-state index is 13.6. The minimum atomic E-state index is -0.473. The quantitative estimate of drug-likeness (QED) is 0.694. The Hall–Kier alpha value is -3.80. The second-order valence-corrected chi connectivity index (χ2v) is 6.27. The maximum atomic E-state index is 13.6. The number of nitrogens with zero attached hydrogens (tertiary/aromatic N) is 2. The fraction of sp³-hybridized carbons (Fsp3) is 0.0455. The predicted octanol–water partition coefficient (Wildman–Crippen LogP) is 3.61. The molecule has 0 aliphatic carbocycles. The van der Waals surface area contributed by atoms with Crippen molar-refractivity contribution in [1.29, 1.82) is 0 Å². The zero-order valence-electron chi connectivity index (χ0n) is 14.8. The predicted molar refractivity (Wildman–Crippen MR) is 103 cm³/mol. The summed E-state index contributed by atoms with van der Waals surface area (Å²) in [7, 11) is 0. The van der Waals surface area contributed by atoms with Crippen LogP contribution in [0.5, 0.6) is 0 Å². The molecular weight excluding hydrogens is 357 g/mol. The van der Waals surface area contributed by atoms with Crippen molar-refractivity contribution in [2.45, 2.75) is 6.54 Å². The van der Waals surface area contributed by atoms with Crippen LogP contribution in [0, 0.1) is 5.82 Å². The van der Waals surface area contributed by atoms with Crippen LogP contribution >= 0.6 is 0 Å². The zero-order chi connectivity index (χ0) is 19.5. The zero-order valence-corrected chi connectivity index (χ0v) is 14.8. The Morgan fingerprint density at radius 2 is 1.68 bits per heavy atom. The number of rotatable bonds is 5. The number of carbonyl (C=O) groups is 2. The average molecular weight is 373 g/mol. The molecule has 5 nitrogen and oxygen atoms in total. The second-order valence-electron chi connectivity index (χ2n) is 6.27. The number of amides is 2. The lowest BCUT2D eigenvalue weighted by Gasteiger charge is -2.14. The summed E-state index contributed by atoms with van der Waals surface area (Å²) < 4.78 is 13.6. The number of nitrogens with one attached hydrogen (secondary N) is 1. The molecule has 2 amide bonds. The van der Waals surface area contributed by atoms with Crippen molar-refractivity contribution < 1.29 is 14.0 Å². The highest BCUT2D eigenvalue weighted by molar-refractivity contribution is 6.36. The van der Waals surface area contributed by atoms with Crippen molar-refractivity contribution >= 4 is 23.1 Å². The lowest BCUT2D eigenvalue weighted by molar-refractivity contribution is -0.137. The van der Waals surface area contributed by atoms with E-state index in [9.17, 15) is 14.0 Å². The molecule has 0 fully saturated rings. The van der Waals surface area contributed by atoms with Gasteiger partial charge in [-0.25, -0.2) is 4.39 Å². The second kappa shape index (κ2) is 7.44. The number of benzene rings is 2. The van der Waals surface area contributed by atoms with E-state index >= 15 is 0 Å². The highest BCUT2D eigenvalue weighted by atomic mass is 19.1. The molecule has 0 atom stereocenters. The summed E-state index contributed by atoms with van der Waals surface area (Å²) in [5.41, 5.74) is 1.99. The maximum Gasteiger partial charge on any atom is 0.278 e. The summed E-state index contributed by atoms with van der Waals surface area (Å²) in [6.07, 6.45) is 1.61. The van der Waals surface area contributed by atoms with E-state index in [1.807, 2.05) is 6.07 Å². The lowest BCUT2D eigenvalue weighted by atomic mass is 10.0. The van der Waals surface area contributed by atoms with Crippen LogP contribution in [0.2, 0.25) is 0 Å². The molecule has 0 saturated carbocycles. The molecule has 2 heterocycles. The number of halogens is 1. The molecule has 4 rings (SSSR count). The van der Waals surface area contributed by atoms with Gasteiger partial charge in [-0.2, -0.15) is 0 Å². The molecular formula is C22H16FN3O2. The highest BCUT2D eigenvalue weighted by Gasteiger charge is 2.39. The largest absolute Gasteiger partial charge is 0.350 e. The van der Waals surface area contributed by atoms with Crippen molar-refractivity contribution in [3.05, 3.63) is 102 Å². The Bertz CT molecular complexity index is 1070. The Kier molecular flexibility index (Phi) is 4.68. The van der Waals surface area contributed by atoms with Gasteiger partial charge in [-0.1, -0.05) is 42.5 Å². The Morgan fingerprint density at radius 3 is 2.39 bits per heavy atom. The van der Waals surface area contributed by atoms with E-state index in [0.717, 1.165) is 4.90 Å². The van der Waals surface area contributed by atoms with Crippen LogP contribution < -0.4 is 5.32 Å². The fourth-order valence-corrected chi connectivity index (χ4v) is 3.07. The van der Waals surface area contributed by atoms with E-state index in [1.54, 1.807) is 54.7 Å². The molecule has 2 aromatic carbocycles. The molecule has 0 spiro atoms. The van der Waals surface area contributed by atoms with Crippen LogP contribution in [-0.4, -0.2) is 21.7 Å². The summed E-state index contributed by atoms with van der Waals surface area (Å²) in [5, 5.41) is 2.93. The number of imide groups is 1. The summed E-state index contributed by atoms with van der Waals surface area (Å²) in [6, 6.07) is 20.0. The number of anilines is 1. The molecule has 1 aliphatic heterocycles. The molecule has 0 bridgehead atoms. The third-order valence-electron chi connectivity index (χ3n) is 4.37. The van der Waals surface area contributed by atoms with E-state index in [0.29, 0.717) is 16.9 Å². The monoisotopic (exact) mass is 373 g/mol. The minimum Gasteiger partial charge on any atom is -0.350 e. The molecule has 1 aromatic heterocycles. The van der Waals surface area contributed by atoms with Crippen LogP contribution in [-0.2, 0) is 16.1 Å². The van der Waals surface area contributed by atoms with Crippen LogP contribution in [0.3, 0.4) is 0 Å². The standard InChI is InChI=1S/C22H16FN3O2/c23-16-9-6-11-17(13-16)25-20-19(15-7-2-1-3-8-15)21(27)26(22(20)28)14-18-10-4-5-12-24-18/h1-13,25H,14H2. The van der Waals surface area contributed by atoms with Gasteiger partial charge in [0.25, 0.3) is 11.8 Å². The van der Waals surface area contributed by atoms with Gasteiger partial charge in [-0.15, -0.1) is 0 Å². The summed E-state index contributed by atoms with van der Waals surface area (Å²) in [6.45, 7) is 0.0587. The van der Waals surface area contributed by atoms with Gasteiger partial charge in [0, 0.05) is 11.9 Å². The van der Waals surface area contributed by atoms with E-state index in [-0.39, 0.29) is 17.8 Å². The summed E-state index contributed by atoms with van der Waals surface area (Å²) in [4.78, 5) is 31.5. The first-order chi connectivity index (χ1) is 13.6. The first-order valence-corrected chi connectivity index (χ1v) is 8.72. The number of hydrogen-bond donors (Lipinski definition) is 1. The van der Waals surface area contributed by atoms with E-state index in [2.05, 4.69) is 10.3 Å². The Labute approximate surface area is 161 Å². The van der Waals surface area contributed by atoms with Gasteiger partial charge in [0.05, 0.1) is 17.8 Å². The number of hydrogen-bond acceptors (Lipinski definition) is 4. The SMILES string of the molecule is O=C1C(Nc2cccc(F)c2)=C(c2ccccc2)C(=O)N1Cc1ccccn1. The van der Waals surface area contributed by atoms with Gasteiger partial charge >= 0.3 is 0 Å². The molecule has 1 aliphatic rings. The third-order valence-corrected chi connectivity index (χ3v) is 4.37. The summed E-state index contributed by atoms with van der Waals surface area (Å²) in [5.74, 6) is -1.33. The van der Waals surface area contributed by atoms with Gasteiger partial charge < -0.3 is 5.32 Å². The Balaban J connectivity index is 1.74. The molecule has 0 radical (unpaired) electrons. The summed E-state index contributed by atoms with van der Waals surface area (Å²) >= 11 is 0. The van der Waals surface area contributed by atoms with Gasteiger partial charge in [0.2, 0.25) is 0 Å². The smallest absolute Gasteiger partial charge is 0.278 e. The Morgan fingerprint density at radius 1 is 0.893 bits per heavy atom. The lowest BCUT2D eigenvalue weighted by Crippen LogP contribution is -2.32. The molecule has 138 valence electrons. The third kappa shape index (κ3) is 3.40. The molecule has 0 saturated heterocycles. The van der Waals surface area contributed by atoms with Crippen molar-refractivity contribution in [3.63, 3.8) is 0 Å². The van der Waals surface area contributed by atoms with Gasteiger partial charge in [0.15, 0.2) is 0 Å². The van der Waals surface area contributed by atoms with Gasteiger partial charge in [-0.05, 0) is 35.9 Å². The molecule has 3 aromatic rings. The topological polar surface area (TPSA) is 62.3 Å². The van der Waals surface area contributed by atoms with Crippen LogP contribution in [0.25, 0.3) is 5.57 Å². The van der Waals surface area contributed by atoms with E-state index in [4.69, 9.17) is 0 Å². The van der Waals surface area contributed by atoms with Crippen molar-refractivity contribution in [2.24, 2.45) is 0 Å². The highest BCUT2D eigenvalue weighted by Crippen LogP contribution is 2.31. The van der Waals surface area contributed by atoms with Crippen LogP contribution in [0.15, 0.2) is 84.7 Å². The van der Waals surface area contributed by atoms with Crippen LogP contribution in [0.1, 0.15) is 11.3 Å². The number of aromatic nitrogens is 1.